The normalized spacial score (nSPS) is 23.5. The molecule has 2 rings (SSSR count). The van der Waals surface area contributed by atoms with Gasteiger partial charge in [-0.05, 0) is 19.3 Å². The Morgan fingerprint density at radius 3 is 3.12 bits per heavy atom. The Morgan fingerprint density at radius 1 is 1.59 bits per heavy atom. The van der Waals surface area contributed by atoms with Gasteiger partial charge in [-0.3, -0.25) is 0 Å². The van der Waals surface area contributed by atoms with Crippen molar-refractivity contribution >= 4 is 15.8 Å². The van der Waals surface area contributed by atoms with Crippen molar-refractivity contribution < 1.29 is 8.42 Å². The molecule has 6 heteroatoms. The van der Waals surface area contributed by atoms with E-state index in [1.807, 2.05) is 10.8 Å². The molecule has 96 valence electrons. The predicted octanol–water partition coefficient (Wildman–Crippen LogP) is 1.45. The van der Waals surface area contributed by atoms with Gasteiger partial charge in [0.25, 0.3) is 0 Å². The first-order chi connectivity index (χ1) is 8.12. The molecule has 0 aromatic carbocycles. The van der Waals surface area contributed by atoms with Gasteiger partial charge in [-0.1, -0.05) is 6.92 Å². The number of imidazole rings is 1. The molecule has 0 saturated carbocycles. The summed E-state index contributed by atoms with van der Waals surface area (Å²) in [6.07, 6.45) is 6.27. The molecule has 1 aromatic heterocycles. The second-order valence-electron chi connectivity index (χ2n) is 4.50. The molecule has 0 radical (unpaired) electrons. The molecule has 1 fully saturated rings. The molecule has 1 aromatic rings. The van der Waals surface area contributed by atoms with E-state index in [0.29, 0.717) is 5.75 Å². The third kappa shape index (κ3) is 3.00. The maximum absolute atomic E-state index is 11.6. The quantitative estimate of drug-likeness (QED) is 0.887. The standard InChI is InChI=1S/C11H19N3O2S/c1-2-5-12-11-13-6-7-14(11)10-4-3-8-17(15,16)9-10/h6-7,10H,2-5,8-9H2,1H3,(H,12,13). The summed E-state index contributed by atoms with van der Waals surface area (Å²) in [4.78, 5) is 4.23. The lowest BCUT2D eigenvalue weighted by molar-refractivity contribution is 0.473. The number of nitrogens with zero attached hydrogens (tertiary/aromatic N) is 2. The number of aromatic nitrogens is 2. The number of anilines is 1. The molecule has 17 heavy (non-hydrogen) atoms. The maximum atomic E-state index is 11.6. The Hall–Kier alpha value is -1.04. The van der Waals surface area contributed by atoms with Crippen molar-refractivity contribution in [3.8, 4) is 0 Å². The Bertz CT molecular complexity index is 467. The molecule has 1 saturated heterocycles. The summed E-state index contributed by atoms with van der Waals surface area (Å²) >= 11 is 0. The van der Waals surface area contributed by atoms with Crippen molar-refractivity contribution in [2.24, 2.45) is 0 Å². The summed E-state index contributed by atoms with van der Waals surface area (Å²) in [7, 11) is -2.87. The van der Waals surface area contributed by atoms with Crippen molar-refractivity contribution in [3.05, 3.63) is 12.4 Å². The lowest BCUT2D eigenvalue weighted by atomic mass is 10.2. The van der Waals surface area contributed by atoms with Gasteiger partial charge in [0.15, 0.2) is 9.84 Å². The zero-order chi connectivity index (χ0) is 12.3. The smallest absolute Gasteiger partial charge is 0.203 e. The van der Waals surface area contributed by atoms with Crippen LogP contribution in [-0.2, 0) is 9.84 Å². The first-order valence-corrected chi connectivity index (χ1v) is 7.91. The topological polar surface area (TPSA) is 64.0 Å². The van der Waals surface area contributed by atoms with Crippen LogP contribution in [0.15, 0.2) is 12.4 Å². The van der Waals surface area contributed by atoms with Crippen LogP contribution in [0.25, 0.3) is 0 Å². The summed E-state index contributed by atoms with van der Waals surface area (Å²) in [5.74, 6) is 1.36. The molecular weight excluding hydrogens is 238 g/mol. The number of rotatable bonds is 4. The Morgan fingerprint density at radius 2 is 2.41 bits per heavy atom. The van der Waals surface area contributed by atoms with Gasteiger partial charge in [-0.15, -0.1) is 0 Å². The third-order valence-corrected chi connectivity index (χ3v) is 4.84. The van der Waals surface area contributed by atoms with E-state index in [0.717, 1.165) is 31.8 Å². The van der Waals surface area contributed by atoms with Crippen LogP contribution in [0.4, 0.5) is 5.95 Å². The Balaban J connectivity index is 2.13. The van der Waals surface area contributed by atoms with Gasteiger partial charge in [0.1, 0.15) is 0 Å². The second-order valence-corrected chi connectivity index (χ2v) is 6.72. The molecule has 1 aliphatic rings. The first-order valence-electron chi connectivity index (χ1n) is 6.09. The third-order valence-electron chi connectivity index (χ3n) is 3.03. The molecule has 0 bridgehead atoms. The maximum Gasteiger partial charge on any atom is 0.203 e. The van der Waals surface area contributed by atoms with Gasteiger partial charge in [0.05, 0.1) is 17.5 Å². The van der Waals surface area contributed by atoms with Gasteiger partial charge >= 0.3 is 0 Å². The minimum Gasteiger partial charge on any atom is -0.356 e. The van der Waals surface area contributed by atoms with Crippen LogP contribution in [0.2, 0.25) is 0 Å². The molecule has 1 aliphatic heterocycles. The highest BCUT2D eigenvalue weighted by molar-refractivity contribution is 7.91. The van der Waals surface area contributed by atoms with Crippen molar-refractivity contribution in [1.29, 1.82) is 0 Å². The van der Waals surface area contributed by atoms with Gasteiger partial charge in [-0.25, -0.2) is 13.4 Å². The summed E-state index contributed by atoms with van der Waals surface area (Å²) in [6, 6.07) is 0.0376. The molecule has 0 amide bonds. The van der Waals surface area contributed by atoms with E-state index in [4.69, 9.17) is 0 Å². The van der Waals surface area contributed by atoms with Crippen LogP contribution in [0.1, 0.15) is 32.2 Å². The van der Waals surface area contributed by atoms with Crippen molar-refractivity contribution in [2.75, 3.05) is 23.4 Å². The van der Waals surface area contributed by atoms with E-state index in [-0.39, 0.29) is 11.8 Å². The number of nitrogens with one attached hydrogen (secondary N) is 1. The lowest BCUT2D eigenvalue weighted by Gasteiger charge is -2.24. The summed E-state index contributed by atoms with van der Waals surface area (Å²) in [5, 5.41) is 3.22. The number of hydrogen-bond acceptors (Lipinski definition) is 4. The van der Waals surface area contributed by atoms with Crippen LogP contribution in [0.3, 0.4) is 0 Å². The zero-order valence-electron chi connectivity index (χ0n) is 10.1. The minimum atomic E-state index is -2.87. The molecular formula is C11H19N3O2S. The molecule has 1 atom stereocenters. The monoisotopic (exact) mass is 257 g/mol. The predicted molar refractivity (Wildman–Crippen MR) is 67.9 cm³/mol. The van der Waals surface area contributed by atoms with Gasteiger partial charge < -0.3 is 9.88 Å². The molecule has 1 N–H and O–H groups in total. The largest absolute Gasteiger partial charge is 0.356 e. The molecule has 0 spiro atoms. The van der Waals surface area contributed by atoms with E-state index in [9.17, 15) is 8.42 Å². The SMILES string of the molecule is CCCNc1nccn1C1CCCS(=O)(=O)C1. The zero-order valence-corrected chi connectivity index (χ0v) is 10.9. The Kier molecular flexibility index (Phi) is 3.71. The van der Waals surface area contributed by atoms with Crippen molar-refractivity contribution in [3.63, 3.8) is 0 Å². The highest BCUT2D eigenvalue weighted by Crippen LogP contribution is 2.25. The van der Waals surface area contributed by atoms with Crippen LogP contribution >= 0.6 is 0 Å². The van der Waals surface area contributed by atoms with E-state index < -0.39 is 9.84 Å². The molecule has 5 nitrogen and oxygen atoms in total. The Labute approximate surface area is 102 Å². The first kappa shape index (κ1) is 12.4. The fourth-order valence-electron chi connectivity index (χ4n) is 2.20. The average molecular weight is 257 g/mol. The van der Waals surface area contributed by atoms with Crippen LogP contribution in [0.5, 0.6) is 0 Å². The van der Waals surface area contributed by atoms with Gasteiger partial charge in [-0.2, -0.15) is 0 Å². The molecule has 0 aliphatic carbocycles. The summed E-state index contributed by atoms with van der Waals surface area (Å²) in [6.45, 7) is 2.95. The minimum absolute atomic E-state index is 0.0376. The average Bonchev–Trinajstić information content (AvgIpc) is 2.73. The second kappa shape index (κ2) is 5.08. The highest BCUT2D eigenvalue weighted by atomic mass is 32.2. The van der Waals surface area contributed by atoms with Crippen molar-refractivity contribution in [2.45, 2.75) is 32.2 Å². The summed E-state index contributed by atoms with van der Waals surface area (Å²) in [5.41, 5.74) is 0. The van der Waals surface area contributed by atoms with Crippen LogP contribution in [-0.4, -0.2) is 36.0 Å². The van der Waals surface area contributed by atoms with E-state index >= 15 is 0 Å². The van der Waals surface area contributed by atoms with E-state index in [1.54, 1.807) is 6.20 Å². The molecule has 1 unspecified atom stereocenters. The number of sulfone groups is 1. The highest BCUT2D eigenvalue weighted by Gasteiger charge is 2.26. The van der Waals surface area contributed by atoms with E-state index in [2.05, 4.69) is 17.2 Å². The fourth-order valence-corrected chi connectivity index (χ4v) is 3.89. The van der Waals surface area contributed by atoms with E-state index in [1.165, 1.54) is 0 Å². The lowest BCUT2D eigenvalue weighted by Crippen LogP contribution is -2.28. The van der Waals surface area contributed by atoms with Gasteiger partial charge in [0.2, 0.25) is 5.95 Å². The van der Waals surface area contributed by atoms with Crippen LogP contribution in [0, 0.1) is 0 Å². The fraction of sp³-hybridized carbons (Fsp3) is 0.727. The van der Waals surface area contributed by atoms with Gasteiger partial charge in [0, 0.05) is 18.9 Å². The number of hydrogen-bond donors (Lipinski definition) is 1. The van der Waals surface area contributed by atoms with Crippen LogP contribution < -0.4 is 5.32 Å². The molecule has 2 heterocycles. The van der Waals surface area contributed by atoms with Crippen molar-refractivity contribution in [1.82, 2.24) is 9.55 Å². The summed E-state index contributed by atoms with van der Waals surface area (Å²) < 4.78 is 25.2.